The summed E-state index contributed by atoms with van der Waals surface area (Å²) < 4.78 is 14.5. The van der Waals surface area contributed by atoms with Crippen LogP contribution < -0.4 is 5.32 Å². The van der Waals surface area contributed by atoms with Gasteiger partial charge in [-0.1, -0.05) is 78.7 Å². The number of rotatable bonds is 10. The molecule has 1 N–H and O–H groups in total. The van der Waals surface area contributed by atoms with Crippen LogP contribution in [0.2, 0.25) is 10.0 Å². The third-order valence-electron chi connectivity index (χ3n) is 5.48. The number of nitrogens with one attached hydrogen (secondary N) is 1. The van der Waals surface area contributed by atoms with Crippen LogP contribution in [0.3, 0.4) is 0 Å². The van der Waals surface area contributed by atoms with E-state index in [0.29, 0.717) is 18.0 Å². The Morgan fingerprint density at radius 3 is 2.29 bits per heavy atom. The van der Waals surface area contributed by atoms with Crippen LogP contribution in [-0.4, -0.2) is 29.3 Å². The molecule has 0 bridgehead atoms. The van der Waals surface area contributed by atoms with Crippen molar-refractivity contribution in [2.24, 2.45) is 0 Å². The first-order valence-electron chi connectivity index (χ1n) is 11.2. The number of benzene rings is 3. The minimum atomic E-state index is -0.789. The van der Waals surface area contributed by atoms with Gasteiger partial charge >= 0.3 is 0 Å². The second-order valence-corrected chi connectivity index (χ2v) is 8.87. The summed E-state index contributed by atoms with van der Waals surface area (Å²) in [6.45, 7) is 2.62. The second-order valence-electron chi connectivity index (χ2n) is 8.02. The Hall–Kier alpha value is -2.89. The van der Waals surface area contributed by atoms with E-state index in [1.54, 1.807) is 18.2 Å². The molecule has 7 heteroatoms. The van der Waals surface area contributed by atoms with Gasteiger partial charge in [-0.2, -0.15) is 0 Å². The zero-order chi connectivity index (χ0) is 24.5. The van der Waals surface area contributed by atoms with E-state index in [1.807, 2.05) is 49.4 Å². The van der Waals surface area contributed by atoms with Gasteiger partial charge in [-0.3, -0.25) is 9.59 Å². The normalized spacial score (nSPS) is 11.6. The third-order valence-corrected chi connectivity index (χ3v) is 6.08. The number of hydrogen-bond acceptors (Lipinski definition) is 2. The van der Waals surface area contributed by atoms with Gasteiger partial charge in [0.25, 0.3) is 0 Å². The van der Waals surface area contributed by atoms with E-state index in [2.05, 4.69) is 5.32 Å². The van der Waals surface area contributed by atoms with Crippen LogP contribution in [0.4, 0.5) is 4.39 Å². The van der Waals surface area contributed by atoms with Gasteiger partial charge in [0.2, 0.25) is 11.8 Å². The summed E-state index contributed by atoms with van der Waals surface area (Å²) in [6, 6.07) is 20.1. The molecule has 178 valence electrons. The van der Waals surface area contributed by atoms with Gasteiger partial charge in [-0.15, -0.1) is 0 Å². The molecular formula is C27H27Cl2FN2O2. The van der Waals surface area contributed by atoms with Crippen molar-refractivity contribution in [3.05, 3.63) is 105 Å². The monoisotopic (exact) mass is 500 g/mol. The van der Waals surface area contributed by atoms with E-state index in [-0.39, 0.29) is 29.5 Å². The summed E-state index contributed by atoms with van der Waals surface area (Å²) >= 11 is 12.2. The van der Waals surface area contributed by atoms with Crippen molar-refractivity contribution in [2.75, 3.05) is 6.54 Å². The van der Waals surface area contributed by atoms with E-state index in [0.717, 1.165) is 17.5 Å². The topological polar surface area (TPSA) is 49.4 Å². The molecule has 3 aromatic rings. The number of carbonyl (C=O) groups is 2. The summed E-state index contributed by atoms with van der Waals surface area (Å²) in [5, 5.41) is 3.66. The van der Waals surface area contributed by atoms with Gasteiger partial charge in [-0.05, 0) is 41.8 Å². The molecule has 3 rings (SSSR count). The van der Waals surface area contributed by atoms with Gasteiger partial charge in [0, 0.05) is 35.1 Å². The average molecular weight is 501 g/mol. The van der Waals surface area contributed by atoms with Crippen molar-refractivity contribution in [1.29, 1.82) is 0 Å². The molecular weight excluding hydrogens is 474 g/mol. The molecule has 0 aliphatic carbocycles. The predicted molar refractivity (Wildman–Crippen MR) is 134 cm³/mol. The Bertz CT molecular complexity index is 1090. The number of carbonyl (C=O) groups excluding carboxylic acids is 2. The molecule has 2 amide bonds. The zero-order valence-corrected chi connectivity index (χ0v) is 20.5. The number of halogens is 3. The Balaban J connectivity index is 1.98. The van der Waals surface area contributed by atoms with E-state index in [1.165, 1.54) is 17.0 Å². The van der Waals surface area contributed by atoms with Crippen molar-refractivity contribution in [2.45, 2.75) is 38.8 Å². The number of amides is 2. The molecule has 0 spiro atoms. The molecule has 0 radical (unpaired) electrons. The maximum atomic E-state index is 14.5. The standard InChI is InChI=1S/C27H27Cl2FN2O2/c1-2-15-31-27(34)25(16-19-7-4-3-5-8-19)32(18-20-11-13-21(28)14-12-20)26(33)17-22-23(29)9-6-10-24(22)30/h3-14,25H,2,15-18H2,1H3,(H,31,34). The molecule has 0 aromatic heterocycles. The molecule has 0 saturated carbocycles. The summed E-state index contributed by atoms with van der Waals surface area (Å²) in [6.07, 6.45) is 0.825. The SMILES string of the molecule is CCCNC(=O)C(Cc1ccccc1)N(Cc1ccc(Cl)cc1)C(=O)Cc1c(F)cccc1Cl. The van der Waals surface area contributed by atoms with Crippen molar-refractivity contribution in [3.63, 3.8) is 0 Å². The first-order chi connectivity index (χ1) is 16.4. The van der Waals surface area contributed by atoms with E-state index >= 15 is 0 Å². The largest absolute Gasteiger partial charge is 0.354 e. The van der Waals surface area contributed by atoms with E-state index in [4.69, 9.17) is 23.2 Å². The molecule has 1 unspecified atom stereocenters. The van der Waals surface area contributed by atoms with Crippen LogP contribution in [0.25, 0.3) is 0 Å². The molecule has 3 aromatic carbocycles. The minimum absolute atomic E-state index is 0.114. The van der Waals surface area contributed by atoms with E-state index < -0.39 is 17.8 Å². The lowest BCUT2D eigenvalue weighted by Crippen LogP contribution is -2.51. The van der Waals surface area contributed by atoms with Crippen LogP contribution in [0.5, 0.6) is 0 Å². The van der Waals surface area contributed by atoms with Gasteiger partial charge < -0.3 is 10.2 Å². The van der Waals surface area contributed by atoms with Crippen molar-refractivity contribution in [3.8, 4) is 0 Å². The van der Waals surface area contributed by atoms with Crippen LogP contribution >= 0.6 is 23.2 Å². The Morgan fingerprint density at radius 1 is 0.941 bits per heavy atom. The number of nitrogens with zero attached hydrogens (tertiary/aromatic N) is 1. The molecule has 1 atom stereocenters. The summed E-state index contributed by atoms with van der Waals surface area (Å²) in [4.78, 5) is 28.4. The Labute approximate surface area is 209 Å². The lowest BCUT2D eigenvalue weighted by Gasteiger charge is -2.32. The number of hydrogen-bond donors (Lipinski definition) is 1. The molecule has 34 heavy (non-hydrogen) atoms. The van der Waals surface area contributed by atoms with Crippen molar-refractivity contribution >= 4 is 35.0 Å². The fourth-order valence-corrected chi connectivity index (χ4v) is 4.02. The second kappa shape index (κ2) is 12.5. The quantitative estimate of drug-likeness (QED) is 0.380. The first-order valence-corrected chi connectivity index (χ1v) is 11.9. The van der Waals surface area contributed by atoms with Crippen LogP contribution in [0.1, 0.15) is 30.0 Å². The highest BCUT2D eigenvalue weighted by atomic mass is 35.5. The molecule has 0 aliphatic rings. The van der Waals surface area contributed by atoms with E-state index in [9.17, 15) is 14.0 Å². The first kappa shape index (κ1) is 25.7. The maximum absolute atomic E-state index is 14.5. The van der Waals surface area contributed by atoms with Crippen LogP contribution in [0, 0.1) is 5.82 Å². The summed E-state index contributed by atoms with van der Waals surface area (Å²) in [7, 11) is 0. The highest BCUT2D eigenvalue weighted by Crippen LogP contribution is 2.23. The predicted octanol–water partition coefficient (Wildman–Crippen LogP) is 5.84. The zero-order valence-electron chi connectivity index (χ0n) is 18.9. The maximum Gasteiger partial charge on any atom is 0.243 e. The fraction of sp³-hybridized carbons (Fsp3) is 0.259. The van der Waals surface area contributed by atoms with Crippen LogP contribution in [-0.2, 0) is 29.0 Å². The minimum Gasteiger partial charge on any atom is -0.354 e. The van der Waals surface area contributed by atoms with Gasteiger partial charge in [0.15, 0.2) is 0 Å². The lowest BCUT2D eigenvalue weighted by molar-refractivity contribution is -0.140. The molecule has 0 heterocycles. The molecule has 0 saturated heterocycles. The Kier molecular flexibility index (Phi) is 9.49. The van der Waals surface area contributed by atoms with Crippen molar-refractivity contribution < 1.29 is 14.0 Å². The smallest absolute Gasteiger partial charge is 0.243 e. The molecule has 0 aliphatic heterocycles. The summed E-state index contributed by atoms with van der Waals surface area (Å²) in [5.41, 5.74) is 1.83. The lowest BCUT2D eigenvalue weighted by atomic mass is 10.0. The average Bonchev–Trinajstić information content (AvgIpc) is 2.84. The highest BCUT2D eigenvalue weighted by Gasteiger charge is 2.31. The highest BCUT2D eigenvalue weighted by molar-refractivity contribution is 6.31. The Morgan fingerprint density at radius 2 is 1.65 bits per heavy atom. The van der Waals surface area contributed by atoms with Crippen LogP contribution in [0.15, 0.2) is 72.8 Å². The van der Waals surface area contributed by atoms with Gasteiger partial charge in [-0.25, -0.2) is 4.39 Å². The fourth-order valence-electron chi connectivity index (χ4n) is 3.66. The molecule has 4 nitrogen and oxygen atoms in total. The molecule has 0 fully saturated rings. The third kappa shape index (κ3) is 7.05. The van der Waals surface area contributed by atoms with Crippen molar-refractivity contribution in [1.82, 2.24) is 10.2 Å². The summed E-state index contributed by atoms with van der Waals surface area (Å²) in [5.74, 6) is -1.20. The van der Waals surface area contributed by atoms with Gasteiger partial charge in [0.05, 0.1) is 6.42 Å². The van der Waals surface area contributed by atoms with Gasteiger partial charge in [0.1, 0.15) is 11.9 Å².